The van der Waals surface area contributed by atoms with E-state index >= 15 is 17.6 Å². The minimum absolute atomic E-state index is 0.0105. The van der Waals surface area contributed by atoms with Crippen molar-refractivity contribution in [3.8, 4) is 80.0 Å². The first-order valence-corrected chi connectivity index (χ1v) is 39.5. The van der Waals surface area contributed by atoms with Gasteiger partial charge in [0.2, 0.25) is 0 Å². The van der Waals surface area contributed by atoms with Crippen molar-refractivity contribution in [2.75, 3.05) is 41.2 Å². The van der Waals surface area contributed by atoms with Gasteiger partial charge in [-0.15, -0.1) is 0 Å². The number of hydrogen-bond donors (Lipinski definition) is 0. The average molecular weight is 1670 g/mol. The molecule has 2 unspecified atom stereocenters. The molecule has 18 rings (SSSR count). The Kier molecular flexibility index (Phi) is 24.0. The van der Waals surface area contributed by atoms with Gasteiger partial charge in [-0.1, -0.05) is 91.0 Å². The van der Waals surface area contributed by atoms with Crippen molar-refractivity contribution in [3.63, 3.8) is 0 Å². The summed E-state index contributed by atoms with van der Waals surface area (Å²) in [5.74, 6) is 0.674. The lowest BCUT2D eigenvalue weighted by Gasteiger charge is -2.13. The highest BCUT2D eigenvalue weighted by Crippen LogP contribution is 2.51. The Balaban J connectivity index is 0.000000138. The number of ketones is 3. The summed E-state index contributed by atoms with van der Waals surface area (Å²) in [4.78, 5) is 50.0. The Morgan fingerprint density at radius 3 is 1.13 bits per heavy atom. The molecule has 20 nitrogen and oxygen atoms in total. The number of carbonyl (C=O) groups excluding carboxylic acids is 3. The Morgan fingerprint density at radius 2 is 0.742 bits per heavy atom. The van der Waals surface area contributed by atoms with Gasteiger partial charge >= 0.3 is 0 Å². The molecule has 0 spiro atoms. The second kappa shape index (κ2) is 35.9. The van der Waals surface area contributed by atoms with Gasteiger partial charge in [0, 0.05) is 105 Å². The van der Waals surface area contributed by atoms with Gasteiger partial charge < -0.3 is 56.3 Å². The van der Waals surface area contributed by atoms with Crippen LogP contribution in [0.5, 0.6) is 34.5 Å². The minimum Gasteiger partial charge on any atom is -0.447 e. The SMILES string of the molecule is COCCn1c(Cc2cc(F)c(-c3cccc4c3OC(c3ccc(C#N)cc3F)O4)cc2F)nc2ccc(C(C)=O)cc21.COCCn1c(Cc2ccc(-c3cccc4c3OC(c3ccccc3)O4)cc2F)nc2ccc(C(C)=O)cc21.COCCn1c(Cc2ccc(-c3cccc4c3O[C@H](c3ccc(C#N)cc3F)O4)cc2F)nc2ccc(C(C)=O)cc21. The number of carbonyl (C=O) groups is 3. The third-order valence-corrected chi connectivity index (χ3v) is 21.6. The van der Waals surface area contributed by atoms with Crippen LogP contribution in [-0.4, -0.2) is 87.2 Å². The maximum atomic E-state index is 15.7. The lowest BCUT2D eigenvalue weighted by atomic mass is 10.00. The number of hydrogen-bond acceptors (Lipinski definition) is 17. The van der Waals surface area contributed by atoms with Crippen molar-refractivity contribution >= 4 is 50.4 Å². The van der Waals surface area contributed by atoms with E-state index in [1.165, 1.54) is 57.2 Å². The molecule has 0 amide bonds. The molecular formula is C98H76F6N8O12. The van der Waals surface area contributed by atoms with E-state index in [0.29, 0.717) is 147 Å². The molecule has 6 heterocycles. The van der Waals surface area contributed by atoms with Crippen LogP contribution in [0.1, 0.15) is 133 Å². The van der Waals surface area contributed by atoms with Gasteiger partial charge in [0.25, 0.3) is 18.9 Å². The molecule has 3 atom stereocenters. The number of fused-ring (bicyclic) bond motifs is 6. The lowest BCUT2D eigenvalue weighted by molar-refractivity contribution is 0.0453. The summed E-state index contributed by atoms with van der Waals surface area (Å²) in [7, 11) is 4.80. The third-order valence-electron chi connectivity index (χ3n) is 21.6. The number of nitrogens with zero attached hydrogens (tertiary/aromatic N) is 8. The Bertz CT molecular complexity index is 6800. The van der Waals surface area contributed by atoms with E-state index in [-0.39, 0.29) is 86.5 Å². The first-order chi connectivity index (χ1) is 60.1. The van der Waals surface area contributed by atoms with E-state index < -0.39 is 48.0 Å². The van der Waals surface area contributed by atoms with Crippen LogP contribution in [0.3, 0.4) is 0 Å². The standard InChI is InChI=1S/C33H24F3N3O4.C33H25F2N3O4.C32H27FN2O4/c1-18(40)20-7-9-28-29(14-20)39(10-11-41-2)31(38-28)15-21-13-27(36)24(16-25(21)34)22-4-3-5-30-32(22)43-33(42-30)23-8-6-19(17-37)12-26(23)35;1-19(39)21-9-11-28-29(16-21)38(12-13-40-2)31(37-28)17-23-8-7-22(15-26(23)34)24-4-3-5-30-32(24)42-33(41-30)25-10-6-20(18-36)14-27(25)35;1-20(36)22-13-14-27-28(18-22)35(15-16-37-2)30(34-27)19-24-12-11-23(17-26(24)33)25-9-6-10-29-31(25)39-32(38-29)21-7-4-3-5-8-21/h3-9,12-14,16,33H,10-11,15H2,1-2H3;3-11,14-16,33H,12-13,17H2,1-2H3;3-14,17-18,32H,15-16,19H2,1-2H3/t;33-;/m.1./s1. The summed E-state index contributed by atoms with van der Waals surface area (Å²) in [6, 6.07) is 65.4. The predicted molar refractivity (Wildman–Crippen MR) is 449 cm³/mol. The highest BCUT2D eigenvalue weighted by molar-refractivity contribution is 5.99. The van der Waals surface area contributed by atoms with Gasteiger partial charge in [-0.2, -0.15) is 10.5 Å². The van der Waals surface area contributed by atoms with Crippen molar-refractivity contribution in [1.29, 1.82) is 10.5 Å². The van der Waals surface area contributed by atoms with E-state index in [1.807, 2.05) is 92.6 Å². The van der Waals surface area contributed by atoms with Crippen LogP contribution >= 0.6 is 0 Å². The number of nitriles is 2. The molecule has 3 aromatic heterocycles. The minimum atomic E-state index is -1.17. The highest BCUT2D eigenvalue weighted by atomic mass is 19.1. The second-order valence-corrected chi connectivity index (χ2v) is 29.6. The van der Waals surface area contributed by atoms with E-state index in [1.54, 1.807) is 118 Å². The Labute approximate surface area is 707 Å². The molecule has 0 aliphatic carbocycles. The smallest absolute Gasteiger partial charge is 0.270 e. The third kappa shape index (κ3) is 17.1. The van der Waals surface area contributed by atoms with Gasteiger partial charge in [-0.25, -0.2) is 41.3 Å². The number of halogens is 6. The zero-order chi connectivity index (χ0) is 86.6. The first kappa shape index (κ1) is 83.0. The predicted octanol–water partition coefficient (Wildman–Crippen LogP) is 20.4. The molecule has 12 aromatic carbocycles. The fraction of sp³-hybridized carbons (Fsp3) is 0.184. The molecule has 0 N–H and O–H groups in total. The van der Waals surface area contributed by atoms with Crippen molar-refractivity contribution < 1.29 is 83.4 Å². The maximum Gasteiger partial charge on any atom is 0.270 e. The Hall–Kier alpha value is -14.7. The molecule has 0 bridgehead atoms. The maximum absolute atomic E-state index is 15.7. The molecule has 0 saturated heterocycles. The molecular weight excluding hydrogens is 1600 g/mol. The molecule has 0 radical (unpaired) electrons. The largest absolute Gasteiger partial charge is 0.447 e. The van der Waals surface area contributed by atoms with Gasteiger partial charge in [0.05, 0.1) is 87.3 Å². The zero-order valence-corrected chi connectivity index (χ0v) is 67.7. The lowest BCUT2D eigenvalue weighted by Crippen LogP contribution is -2.10. The summed E-state index contributed by atoms with van der Waals surface area (Å²) < 4.78 is 149. The number of rotatable bonds is 24. The van der Waals surface area contributed by atoms with Gasteiger partial charge in [0.15, 0.2) is 51.8 Å². The fourth-order valence-corrected chi connectivity index (χ4v) is 15.2. The highest BCUT2D eigenvalue weighted by Gasteiger charge is 2.35. The van der Waals surface area contributed by atoms with Crippen LogP contribution in [-0.2, 0) is 53.1 Å². The van der Waals surface area contributed by atoms with E-state index in [2.05, 4.69) is 4.98 Å². The van der Waals surface area contributed by atoms with Crippen LogP contribution < -0.4 is 28.4 Å². The van der Waals surface area contributed by atoms with Crippen molar-refractivity contribution in [2.24, 2.45) is 0 Å². The molecule has 3 aliphatic heterocycles. The number of aromatic nitrogens is 6. The molecule has 124 heavy (non-hydrogen) atoms. The molecule has 26 heteroatoms. The number of imidazole rings is 3. The van der Waals surface area contributed by atoms with Crippen molar-refractivity contribution in [3.05, 3.63) is 338 Å². The van der Waals surface area contributed by atoms with Crippen LogP contribution in [0.15, 0.2) is 224 Å². The van der Waals surface area contributed by atoms with Gasteiger partial charge in [-0.05, 0) is 182 Å². The topological polar surface area (TPSA) is 235 Å². The number of Topliss-reactive ketones (excluding diaryl/α,β-unsaturated/α-hetero) is 3. The van der Waals surface area contributed by atoms with E-state index in [4.69, 9.17) is 63.1 Å². The molecule has 0 saturated carbocycles. The van der Waals surface area contributed by atoms with Gasteiger partial charge in [0.1, 0.15) is 52.4 Å². The molecule has 0 fully saturated rings. The fourth-order valence-electron chi connectivity index (χ4n) is 15.2. The number of para-hydroxylation sites is 3. The summed E-state index contributed by atoms with van der Waals surface area (Å²) >= 11 is 0. The monoisotopic (exact) mass is 1670 g/mol. The average Bonchev–Trinajstić information content (AvgIpc) is 1.60. The summed E-state index contributed by atoms with van der Waals surface area (Å²) in [6.07, 6.45) is -2.24. The van der Waals surface area contributed by atoms with Crippen LogP contribution in [0, 0.1) is 57.6 Å². The number of methoxy groups -OCH3 is 3. The summed E-state index contributed by atoms with van der Waals surface area (Å²) in [5.41, 5.74) is 11.4. The van der Waals surface area contributed by atoms with Crippen molar-refractivity contribution in [2.45, 2.75) is 78.5 Å². The number of ether oxygens (including phenoxy) is 9. The zero-order valence-electron chi connectivity index (χ0n) is 67.7. The quantitative estimate of drug-likeness (QED) is 0.0404. The summed E-state index contributed by atoms with van der Waals surface area (Å²) in [6.45, 7) is 7.22. The van der Waals surface area contributed by atoms with Crippen LogP contribution in [0.4, 0.5) is 26.3 Å². The normalized spacial score (nSPS) is 13.9. The van der Waals surface area contributed by atoms with E-state index in [9.17, 15) is 23.2 Å². The Morgan fingerprint density at radius 1 is 0.363 bits per heavy atom. The first-order valence-electron chi connectivity index (χ1n) is 39.5. The van der Waals surface area contributed by atoms with Crippen LogP contribution in [0.2, 0.25) is 0 Å². The number of benzene rings is 12. The summed E-state index contributed by atoms with van der Waals surface area (Å²) in [5, 5.41) is 18.0. The van der Waals surface area contributed by atoms with Crippen molar-refractivity contribution in [1.82, 2.24) is 28.7 Å². The molecule has 3 aliphatic rings. The van der Waals surface area contributed by atoms with Gasteiger partial charge in [-0.3, -0.25) is 14.4 Å². The molecule has 622 valence electrons. The van der Waals surface area contributed by atoms with E-state index in [0.717, 1.165) is 51.9 Å². The molecule has 15 aromatic rings. The van der Waals surface area contributed by atoms with Crippen LogP contribution in [0.25, 0.3) is 66.5 Å². The second-order valence-electron chi connectivity index (χ2n) is 29.6.